The molecule has 1 saturated heterocycles. The van der Waals surface area contributed by atoms with Gasteiger partial charge in [-0.15, -0.1) is 11.3 Å². The number of piperazine rings is 1. The van der Waals surface area contributed by atoms with E-state index in [-0.39, 0.29) is 5.91 Å². The molecule has 1 fully saturated rings. The number of carbonyl (C=O) groups excluding carboxylic acids is 1. The van der Waals surface area contributed by atoms with Crippen LogP contribution in [0.2, 0.25) is 0 Å². The fourth-order valence-corrected chi connectivity index (χ4v) is 4.46. The second kappa shape index (κ2) is 9.23. The Kier molecular flexibility index (Phi) is 6.25. The van der Waals surface area contributed by atoms with Gasteiger partial charge in [0, 0.05) is 55.6 Å². The van der Waals surface area contributed by atoms with E-state index in [4.69, 9.17) is 10.5 Å². The SMILES string of the molecule is COc1ccc(-c2nc(N)sc2CC(=O)N2CCN(Cc3ccncc3)CC2)cc1. The van der Waals surface area contributed by atoms with Gasteiger partial charge in [-0.3, -0.25) is 14.7 Å². The number of pyridine rings is 1. The highest BCUT2D eigenvalue weighted by Gasteiger charge is 2.23. The molecule has 1 amide bonds. The zero-order chi connectivity index (χ0) is 20.9. The van der Waals surface area contributed by atoms with E-state index in [1.54, 1.807) is 7.11 Å². The lowest BCUT2D eigenvalue weighted by atomic mass is 10.1. The second-order valence-corrected chi connectivity index (χ2v) is 8.36. The largest absolute Gasteiger partial charge is 0.497 e. The summed E-state index contributed by atoms with van der Waals surface area (Å²) in [7, 11) is 1.64. The van der Waals surface area contributed by atoms with Crippen LogP contribution in [0, 0.1) is 0 Å². The van der Waals surface area contributed by atoms with Crippen LogP contribution in [0.3, 0.4) is 0 Å². The summed E-state index contributed by atoms with van der Waals surface area (Å²) in [6.45, 7) is 4.08. The number of aromatic nitrogens is 2. The minimum atomic E-state index is 0.122. The molecule has 1 aromatic carbocycles. The van der Waals surface area contributed by atoms with Gasteiger partial charge in [0.05, 0.1) is 19.2 Å². The summed E-state index contributed by atoms with van der Waals surface area (Å²) in [4.78, 5) is 26.7. The number of anilines is 1. The normalized spacial score (nSPS) is 14.6. The molecule has 156 valence electrons. The molecule has 7 nitrogen and oxygen atoms in total. The summed E-state index contributed by atoms with van der Waals surface area (Å²) in [5, 5.41) is 0.478. The van der Waals surface area contributed by atoms with Crippen molar-refractivity contribution in [2.75, 3.05) is 39.0 Å². The highest BCUT2D eigenvalue weighted by atomic mass is 32.1. The van der Waals surface area contributed by atoms with Gasteiger partial charge in [-0.05, 0) is 42.0 Å². The molecule has 0 bridgehead atoms. The first-order valence-electron chi connectivity index (χ1n) is 9.91. The average molecular weight is 424 g/mol. The van der Waals surface area contributed by atoms with Gasteiger partial charge in [-0.25, -0.2) is 4.98 Å². The van der Waals surface area contributed by atoms with Crippen LogP contribution in [0.25, 0.3) is 11.3 Å². The van der Waals surface area contributed by atoms with Gasteiger partial charge in [-0.1, -0.05) is 0 Å². The molecule has 0 radical (unpaired) electrons. The summed E-state index contributed by atoms with van der Waals surface area (Å²) < 4.78 is 5.22. The quantitative estimate of drug-likeness (QED) is 0.656. The van der Waals surface area contributed by atoms with Crippen molar-refractivity contribution >= 4 is 22.4 Å². The van der Waals surface area contributed by atoms with Crippen molar-refractivity contribution in [2.24, 2.45) is 0 Å². The molecule has 8 heteroatoms. The van der Waals surface area contributed by atoms with Gasteiger partial charge in [0.2, 0.25) is 5.91 Å². The molecule has 2 N–H and O–H groups in total. The van der Waals surface area contributed by atoms with Crippen LogP contribution in [-0.4, -0.2) is 59.0 Å². The van der Waals surface area contributed by atoms with Crippen LogP contribution < -0.4 is 10.5 Å². The Labute approximate surface area is 180 Å². The maximum atomic E-state index is 12.9. The summed E-state index contributed by atoms with van der Waals surface area (Å²) in [5.41, 5.74) is 8.93. The third kappa shape index (κ3) is 4.77. The Morgan fingerprint density at radius 3 is 2.47 bits per heavy atom. The number of carbonyl (C=O) groups is 1. The zero-order valence-corrected chi connectivity index (χ0v) is 17.8. The predicted molar refractivity (Wildman–Crippen MR) is 118 cm³/mol. The smallest absolute Gasteiger partial charge is 0.227 e. The van der Waals surface area contributed by atoms with E-state index in [1.165, 1.54) is 16.9 Å². The number of hydrogen-bond donors (Lipinski definition) is 1. The number of hydrogen-bond acceptors (Lipinski definition) is 7. The standard InChI is InChI=1S/C22H25N5O2S/c1-29-18-4-2-17(3-5-18)21-19(30-22(23)25-21)14-20(28)27-12-10-26(11-13-27)15-16-6-8-24-9-7-16/h2-9H,10-15H2,1H3,(H2,23,25). The highest BCUT2D eigenvalue weighted by molar-refractivity contribution is 7.15. The Hall–Kier alpha value is -2.97. The topological polar surface area (TPSA) is 84.6 Å². The highest BCUT2D eigenvalue weighted by Crippen LogP contribution is 2.31. The summed E-state index contributed by atoms with van der Waals surface area (Å²) >= 11 is 1.39. The van der Waals surface area contributed by atoms with E-state index in [9.17, 15) is 4.79 Å². The number of nitrogen functional groups attached to an aromatic ring is 1. The monoisotopic (exact) mass is 423 g/mol. The van der Waals surface area contributed by atoms with Crippen LogP contribution in [0.1, 0.15) is 10.4 Å². The Balaban J connectivity index is 1.37. The molecule has 1 aliphatic heterocycles. The number of benzene rings is 1. The first-order chi connectivity index (χ1) is 14.6. The molecule has 2 aromatic heterocycles. The van der Waals surface area contributed by atoms with Gasteiger partial charge in [0.1, 0.15) is 5.75 Å². The molecule has 3 aromatic rings. The number of nitrogens with zero attached hydrogens (tertiary/aromatic N) is 4. The van der Waals surface area contributed by atoms with E-state index in [2.05, 4.69) is 14.9 Å². The first kappa shape index (κ1) is 20.3. The lowest BCUT2D eigenvalue weighted by Crippen LogP contribution is -2.48. The molecule has 3 heterocycles. The molecule has 0 atom stereocenters. The fraction of sp³-hybridized carbons (Fsp3) is 0.318. The van der Waals surface area contributed by atoms with E-state index >= 15 is 0 Å². The Morgan fingerprint density at radius 2 is 1.80 bits per heavy atom. The van der Waals surface area contributed by atoms with Crippen LogP contribution in [0.15, 0.2) is 48.8 Å². The number of nitrogens with two attached hydrogens (primary N) is 1. The van der Waals surface area contributed by atoms with Gasteiger partial charge < -0.3 is 15.4 Å². The van der Waals surface area contributed by atoms with Gasteiger partial charge in [-0.2, -0.15) is 0 Å². The molecular formula is C22H25N5O2S. The van der Waals surface area contributed by atoms with Crippen LogP contribution >= 0.6 is 11.3 Å². The van der Waals surface area contributed by atoms with Gasteiger partial charge in [0.15, 0.2) is 5.13 Å². The molecule has 0 aliphatic carbocycles. The Morgan fingerprint density at radius 1 is 1.10 bits per heavy atom. The third-order valence-corrected chi connectivity index (χ3v) is 6.15. The third-order valence-electron chi connectivity index (χ3n) is 5.27. The lowest BCUT2D eigenvalue weighted by Gasteiger charge is -2.34. The lowest BCUT2D eigenvalue weighted by molar-refractivity contribution is -0.132. The van der Waals surface area contributed by atoms with Crippen molar-refractivity contribution in [1.82, 2.24) is 19.8 Å². The zero-order valence-electron chi connectivity index (χ0n) is 17.0. The van der Waals surface area contributed by atoms with Crippen LogP contribution in [0.4, 0.5) is 5.13 Å². The number of thiazole rings is 1. The minimum Gasteiger partial charge on any atom is -0.497 e. The molecule has 0 spiro atoms. The van der Waals surface area contributed by atoms with Crippen molar-refractivity contribution < 1.29 is 9.53 Å². The maximum absolute atomic E-state index is 12.9. The minimum absolute atomic E-state index is 0.122. The van der Waals surface area contributed by atoms with E-state index < -0.39 is 0 Å². The summed E-state index contributed by atoms with van der Waals surface area (Å²) in [6, 6.07) is 11.7. The maximum Gasteiger partial charge on any atom is 0.227 e. The molecule has 30 heavy (non-hydrogen) atoms. The van der Waals surface area contributed by atoms with Crippen molar-refractivity contribution in [1.29, 1.82) is 0 Å². The van der Waals surface area contributed by atoms with Crippen LogP contribution in [0.5, 0.6) is 5.75 Å². The predicted octanol–water partition coefficient (Wildman–Crippen LogP) is 2.68. The molecule has 0 saturated carbocycles. The van der Waals surface area contributed by atoms with Crippen molar-refractivity contribution in [3.8, 4) is 17.0 Å². The summed E-state index contributed by atoms with van der Waals surface area (Å²) in [6.07, 6.45) is 3.95. The Bertz CT molecular complexity index is 983. The number of amides is 1. The second-order valence-electron chi connectivity index (χ2n) is 7.24. The first-order valence-corrected chi connectivity index (χ1v) is 10.7. The fourth-order valence-electron chi connectivity index (χ4n) is 3.62. The number of methoxy groups -OCH3 is 1. The van der Waals surface area contributed by atoms with Crippen molar-refractivity contribution in [2.45, 2.75) is 13.0 Å². The van der Waals surface area contributed by atoms with E-state index in [0.717, 1.165) is 54.6 Å². The summed E-state index contributed by atoms with van der Waals surface area (Å²) in [5.74, 6) is 0.904. The number of rotatable bonds is 6. The van der Waals surface area contributed by atoms with Gasteiger partial charge >= 0.3 is 0 Å². The molecule has 0 unspecified atom stereocenters. The molecular weight excluding hydrogens is 398 g/mol. The average Bonchev–Trinajstić information content (AvgIpc) is 3.15. The van der Waals surface area contributed by atoms with Crippen molar-refractivity contribution in [3.63, 3.8) is 0 Å². The number of ether oxygens (including phenoxy) is 1. The van der Waals surface area contributed by atoms with Crippen molar-refractivity contribution in [3.05, 3.63) is 59.2 Å². The van der Waals surface area contributed by atoms with Gasteiger partial charge in [0.25, 0.3) is 0 Å². The molecule has 1 aliphatic rings. The molecule has 4 rings (SSSR count). The van der Waals surface area contributed by atoms with E-state index in [1.807, 2.05) is 53.7 Å². The van der Waals surface area contributed by atoms with Crippen LogP contribution in [-0.2, 0) is 17.8 Å². The van der Waals surface area contributed by atoms with E-state index in [0.29, 0.717) is 11.6 Å².